The van der Waals surface area contributed by atoms with E-state index >= 15 is 0 Å². The van der Waals surface area contributed by atoms with Gasteiger partial charge >= 0.3 is 0 Å². The number of nitrogen functional groups attached to an aromatic ring is 1. The third-order valence-electron chi connectivity index (χ3n) is 5.47. The molecule has 9 heteroatoms. The molecule has 5 rings (SSSR count). The Bertz CT molecular complexity index is 1470. The topological polar surface area (TPSA) is 90.8 Å². The molecule has 0 fully saturated rings. The van der Waals surface area contributed by atoms with Crippen LogP contribution in [0.15, 0.2) is 71.9 Å². The number of benzene rings is 3. The molecule has 0 unspecified atom stereocenters. The Morgan fingerprint density at radius 2 is 1.79 bits per heavy atom. The lowest BCUT2D eigenvalue weighted by atomic mass is 10.1. The van der Waals surface area contributed by atoms with Crippen molar-refractivity contribution in [3.05, 3.63) is 72.5 Å². The first-order chi connectivity index (χ1) is 16.0. The van der Waals surface area contributed by atoms with Gasteiger partial charge in [0.1, 0.15) is 5.82 Å². The van der Waals surface area contributed by atoms with Crippen LogP contribution in [0.4, 0.5) is 10.1 Å². The predicted octanol–water partition coefficient (Wildman–Crippen LogP) is 4.66. The van der Waals surface area contributed by atoms with Crippen molar-refractivity contribution in [2.45, 2.75) is 18.6 Å². The monoisotopic (exact) mass is 460 g/mol. The summed E-state index contributed by atoms with van der Waals surface area (Å²) >= 11 is 1.18. The number of anilines is 1. The molecule has 0 spiro atoms. The summed E-state index contributed by atoms with van der Waals surface area (Å²) in [6.45, 7) is 2.99. The molecule has 3 N–H and O–H groups in total. The molecule has 0 bridgehead atoms. The van der Waals surface area contributed by atoms with Crippen LogP contribution in [-0.4, -0.2) is 31.1 Å². The standard InChI is InChI=1S/C24H21FN6OS/c1-2-30-20-6-4-3-5-18(20)19-13-17(11-12-21(19)30)27-22(32)14-33-24-29-28-23(31(24)26)15-7-9-16(25)10-8-15/h3-13H,2,14,26H2,1H3,(H,27,32). The van der Waals surface area contributed by atoms with Crippen LogP contribution in [0.1, 0.15) is 6.92 Å². The van der Waals surface area contributed by atoms with Gasteiger partial charge < -0.3 is 15.7 Å². The first-order valence-electron chi connectivity index (χ1n) is 10.4. The number of fused-ring (bicyclic) bond motifs is 3. The molecule has 33 heavy (non-hydrogen) atoms. The fraction of sp³-hybridized carbons (Fsp3) is 0.125. The van der Waals surface area contributed by atoms with Gasteiger partial charge in [-0.05, 0) is 55.5 Å². The summed E-state index contributed by atoms with van der Waals surface area (Å²) in [6.07, 6.45) is 0. The van der Waals surface area contributed by atoms with E-state index in [4.69, 9.17) is 5.84 Å². The molecule has 3 aromatic carbocycles. The number of nitrogens with one attached hydrogen (secondary N) is 1. The molecule has 2 aromatic heterocycles. The summed E-state index contributed by atoms with van der Waals surface area (Å²) in [7, 11) is 0. The second kappa shape index (κ2) is 8.59. The number of aromatic nitrogens is 4. The highest BCUT2D eigenvalue weighted by Gasteiger charge is 2.15. The van der Waals surface area contributed by atoms with Crippen LogP contribution in [0, 0.1) is 5.82 Å². The van der Waals surface area contributed by atoms with Crippen LogP contribution < -0.4 is 11.2 Å². The lowest BCUT2D eigenvalue weighted by Crippen LogP contribution is -2.16. The Morgan fingerprint density at radius 1 is 1.03 bits per heavy atom. The molecule has 0 aliphatic carbocycles. The summed E-state index contributed by atoms with van der Waals surface area (Å²) in [5.74, 6) is 6.09. The smallest absolute Gasteiger partial charge is 0.234 e. The minimum atomic E-state index is -0.342. The highest BCUT2D eigenvalue weighted by atomic mass is 32.2. The van der Waals surface area contributed by atoms with E-state index in [1.807, 2.05) is 30.3 Å². The third kappa shape index (κ3) is 3.91. The van der Waals surface area contributed by atoms with Crippen LogP contribution in [0.3, 0.4) is 0 Å². The number of nitrogens with zero attached hydrogens (tertiary/aromatic N) is 4. The molecule has 2 heterocycles. The van der Waals surface area contributed by atoms with Gasteiger partial charge in [-0.15, -0.1) is 10.2 Å². The summed E-state index contributed by atoms with van der Waals surface area (Å²) in [5, 5.41) is 13.7. The Kier molecular flexibility index (Phi) is 5.47. The van der Waals surface area contributed by atoms with Crippen molar-refractivity contribution >= 4 is 45.2 Å². The minimum absolute atomic E-state index is 0.119. The number of amides is 1. The molecule has 0 saturated heterocycles. The van der Waals surface area contributed by atoms with Gasteiger partial charge in [-0.2, -0.15) is 0 Å². The van der Waals surface area contributed by atoms with Gasteiger partial charge in [-0.25, -0.2) is 9.07 Å². The van der Waals surface area contributed by atoms with Crippen molar-refractivity contribution in [1.82, 2.24) is 19.4 Å². The zero-order valence-corrected chi connectivity index (χ0v) is 18.6. The van der Waals surface area contributed by atoms with Crippen molar-refractivity contribution in [3.63, 3.8) is 0 Å². The van der Waals surface area contributed by atoms with Gasteiger partial charge in [-0.1, -0.05) is 30.0 Å². The van der Waals surface area contributed by atoms with Crippen molar-refractivity contribution < 1.29 is 9.18 Å². The zero-order valence-electron chi connectivity index (χ0n) is 17.8. The average Bonchev–Trinajstić information content (AvgIpc) is 3.35. The number of carbonyl (C=O) groups excluding carboxylic acids is 1. The maximum Gasteiger partial charge on any atom is 0.234 e. The molecule has 0 aliphatic rings. The molecule has 0 atom stereocenters. The van der Waals surface area contributed by atoms with E-state index in [1.165, 1.54) is 34.1 Å². The van der Waals surface area contributed by atoms with Crippen molar-refractivity contribution in [3.8, 4) is 11.4 Å². The predicted molar refractivity (Wildman–Crippen MR) is 130 cm³/mol. The number of hydrogen-bond acceptors (Lipinski definition) is 5. The highest BCUT2D eigenvalue weighted by molar-refractivity contribution is 7.99. The van der Waals surface area contributed by atoms with Crippen molar-refractivity contribution in [2.24, 2.45) is 0 Å². The van der Waals surface area contributed by atoms with Gasteiger partial charge in [0.15, 0.2) is 5.82 Å². The number of carbonyl (C=O) groups is 1. The van der Waals surface area contributed by atoms with Gasteiger partial charge in [0, 0.05) is 39.6 Å². The SMILES string of the molecule is CCn1c2ccccc2c2cc(NC(=O)CSc3nnc(-c4ccc(F)cc4)n3N)ccc21. The summed E-state index contributed by atoms with van der Waals surface area (Å²) < 4.78 is 16.7. The quantitative estimate of drug-likeness (QED) is 0.284. The lowest BCUT2D eigenvalue weighted by molar-refractivity contribution is -0.113. The van der Waals surface area contributed by atoms with Gasteiger partial charge in [0.2, 0.25) is 11.1 Å². The second-order valence-corrected chi connectivity index (χ2v) is 8.46. The van der Waals surface area contributed by atoms with Crippen LogP contribution in [0.2, 0.25) is 0 Å². The molecule has 0 radical (unpaired) electrons. The number of rotatable bonds is 6. The molecule has 5 aromatic rings. The van der Waals surface area contributed by atoms with Crippen LogP contribution >= 0.6 is 11.8 Å². The Labute approximate surface area is 193 Å². The first-order valence-corrected chi connectivity index (χ1v) is 11.4. The largest absolute Gasteiger partial charge is 0.341 e. The molecule has 0 aliphatic heterocycles. The number of thioether (sulfide) groups is 1. The van der Waals surface area contributed by atoms with E-state index in [-0.39, 0.29) is 17.5 Å². The summed E-state index contributed by atoms with van der Waals surface area (Å²) in [5.41, 5.74) is 3.68. The molecule has 0 saturated carbocycles. The van der Waals surface area contributed by atoms with Gasteiger partial charge in [0.25, 0.3) is 0 Å². The zero-order chi connectivity index (χ0) is 22.9. The van der Waals surface area contributed by atoms with E-state index < -0.39 is 0 Å². The van der Waals surface area contributed by atoms with Crippen LogP contribution in [0.25, 0.3) is 33.2 Å². The summed E-state index contributed by atoms with van der Waals surface area (Å²) in [4.78, 5) is 12.6. The minimum Gasteiger partial charge on any atom is -0.341 e. The normalized spacial score (nSPS) is 11.3. The molecular weight excluding hydrogens is 439 g/mol. The van der Waals surface area contributed by atoms with Crippen LogP contribution in [0.5, 0.6) is 0 Å². The number of para-hydroxylation sites is 1. The van der Waals surface area contributed by atoms with Crippen molar-refractivity contribution in [1.29, 1.82) is 0 Å². The average molecular weight is 461 g/mol. The van der Waals surface area contributed by atoms with E-state index in [1.54, 1.807) is 12.1 Å². The van der Waals surface area contributed by atoms with Gasteiger partial charge in [0.05, 0.1) is 5.75 Å². The Morgan fingerprint density at radius 3 is 2.58 bits per heavy atom. The maximum absolute atomic E-state index is 13.2. The fourth-order valence-electron chi connectivity index (χ4n) is 3.97. The second-order valence-electron chi connectivity index (χ2n) is 7.51. The van der Waals surface area contributed by atoms with E-state index in [2.05, 4.69) is 39.1 Å². The van der Waals surface area contributed by atoms with E-state index in [0.29, 0.717) is 16.5 Å². The van der Waals surface area contributed by atoms with Gasteiger partial charge in [-0.3, -0.25) is 4.79 Å². The highest BCUT2D eigenvalue weighted by Crippen LogP contribution is 2.31. The van der Waals surface area contributed by atoms with Crippen LogP contribution in [-0.2, 0) is 11.3 Å². The summed E-state index contributed by atoms with van der Waals surface area (Å²) in [6, 6.07) is 20.0. The molecule has 1 amide bonds. The van der Waals surface area contributed by atoms with E-state index in [0.717, 1.165) is 28.5 Å². The maximum atomic E-state index is 13.2. The molecule has 166 valence electrons. The molecule has 7 nitrogen and oxygen atoms in total. The third-order valence-corrected chi connectivity index (χ3v) is 6.41. The molecular formula is C24H21FN6OS. The number of hydrogen-bond donors (Lipinski definition) is 2. The lowest BCUT2D eigenvalue weighted by Gasteiger charge is -2.07. The number of nitrogens with two attached hydrogens (primary N) is 1. The fourth-order valence-corrected chi connectivity index (χ4v) is 4.63. The number of aryl methyl sites for hydroxylation is 1. The Hall–Kier alpha value is -3.85. The first kappa shape index (κ1) is 21.0. The van der Waals surface area contributed by atoms with E-state index in [9.17, 15) is 9.18 Å². The number of halogens is 1. The van der Waals surface area contributed by atoms with Crippen molar-refractivity contribution in [2.75, 3.05) is 16.9 Å². The Balaban J connectivity index is 1.31.